The van der Waals surface area contributed by atoms with Crippen molar-refractivity contribution in [1.82, 2.24) is 4.90 Å². The van der Waals surface area contributed by atoms with Crippen LogP contribution in [-0.2, 0) is 20.8 Å². The molecule has 11 heteroatoms. The van der Waals surface area contributed by atoms with Crippen molar-refractivity contribution in [3.8, 4) is 11.5 Å². The first-order valence-electron chi connectivity index (χ1n) is 11.2. The molecule has 0 aromatic heterocycles. The normalized spacial score (nSPS) is 12.5. The van der Waals surface area contributed by atoms with Crippen LogP contribution in [0.3, 0.4) is 0 Å². The molecule has 0 saturated carbocycles. The van der Waals surface area contributed by atoms with Gasteiger partial charge in [0.05, 0.1) is 18.5 Å². The fourth-order valence-electron chi connectivity index (χ4n) is 3.19. The second-order valence-corrected chi connectivity index (χ2v) is 8.41. The molecule has 198 valence electrons. The number of aliphatic imine (C=N–C) groups is 1. The minimum Gasteiger partial charge on any atom is -0.481 e. The van der Waals surface area contributed by atoms with Gasteiger partial charge in [0, 0.05) is 18.8 Å². The smallest absolute Gasteiger partial charge is 0.336 e. The third kappa shape index (κ3) is 9.74. The second kappa shape index (κ2) is 13.8. The Morgan fingerprint density at radius 1 is 1.00 bits per heavy atom. The minimum atomic E-state index is -2.74. The van der Waals surface area contributed by atoms with E-state index >= 15 is 0 Å². The number of carboxylic acids is 3. The predicted octanol–water partition coefficient (Wildman–Crippen LogP) is 2.69. The number of aliphatic hydroxyl groups is 1. The molecule has 0 amide bonds. The molecule has 0 atom stereocenters. The van der Waals surface area contributed by atoms with Crippen LogP contribution in [0.1, 0.15) is 24.0 Å². The van der Waals surface area contributed by atoms with Gasteiger partial charge in [0.2, 0.25) is 6.79 Å². The fourth-order valence-corrected chi connectivity index (χ4v) is 3.19. The Balaban J connectivity index is 0.000000317. The molecule has 3 rings (SSSR count). The van der Waals surface area contributed by atoms with E-state index in [-0.39, 0.29) is 6.79 Å². The Bertz CT molecular complexity index is 1130. The quantitative estimate of drug-likeness (QED) is 0.327. The number of hydrogen-bond donors (Lipinski definition) is 4. The monoisotopic (exact) mass is 514 g/mol. The van der Waals surface area contributed by atoms with E-state index in [0.717, 1.165) is 41.3 Å². The van der Waals surface area contributed by atoms with E-state index in [9.17, 15) is 14.4 Å². The average Bonchev–Trinajstić information content (AvgIpc) is 3.27. The van der Waals surface area contributed by atoms with Gasteiger partial charge in [0.15, 0.2) is 17.1 Å². The van der Waals surface area contributed by atoms with Gasteiger partial charge >= 0.3 is 17.9 Å². The number of ether oxygens (including phenoxy) is 2. The standard InChI is InChI=1S/C20H22N2O2.C6H8O7/c1-22(2)12-10-17-13-19-20(24-15-23-19)14-18(17)21-11-6-9-16-7-4-3-5-8-16;7-3(8)1-6(13,5(11)12)2-4(9)10/h3-9,11,13-14H,10,12,15H2,1-2H3;13H,1-2H2,(H,7,8)(H,9,10)(H,11,12)/b9-6-,21-11?;. The summed E-state index contributed by atoms with van der Waals surface area (Å²) in [5, 5.41) is 33.8. The molecular formula is C26H30N2O9. The van der Waals surface area contributed by atoms with Crippen molar-refractivity contribution < 1.29 is 44.3 Å². The SMILES string of the molecule is CN(C)CCc1cc2c(cc1N=C/C=C\c1ccccc1)OCO2.O=C(O)CC(O)(CC(=O)O)C(=O)O. The highest BCUT2D eigenvalue weighted by atomic mass is 16.7. The molecule has 0 fully saturated rings. The molecule has 1 aliphatic rings. The van der Waals surface area contributed by atoms with Crippen LogP contribution >= 0.6 is 0 Å². The van der Waals surface area contributed by atoms with Crippen LogP contribution in [0.2, 0.25) is 0 Å². The Labute approximate surface area is 213 Å². The molecule has 11 nitrogen and oxygen atoms in total. The summed E-state index contributed by atoms with van der Waals surface area (Å²) < 4.78 is 11.0. The summed E-state index contributed by atoms with van der Waals surface area (Å²) >= 11 is 0. The van der Waals surface area contributed by atoms with Crippen LogP contribution in [-0.4, -0.2) is 82.5 Å². The number of nitrogens with zero attached hydrogens (tertiary/aromatic N) is 2. The third-order valence-electron chi connectivity index (χ3n) is 5.08. The molecule has 0 aliphatic carbocycles. The third-order valence-corrected chi connectivity index (χ3v) is 5.08. The molecule has 37 heavy (non-hydrogen) atoms. The summed E-state index contributed by atoms with van der Waals surface area (Å²) in [7, 11) is 4.14. The predicted molar refractivity (Wildman–Crippen MR) is 136 cm³/mol. The molecule has 2 aromatic rings. The van der Waals surface area contributed by atoms with Gasteiger partial charge in [-0.25, -0.2) is 4.79 Å². The second-order valence-electron chi connectivity index (χ2n) is 8.41. The topological polar surface area (TPSA) is 166 Å². The van der Waals surface area contributed by atoms with E-state index < -0.39 is 36.4 Å². The molecule has 0 spiro atoms. The molecule has 0 bridgehead atoms. The van der Waals surface area contributed by atoms with E-state index in [2.05, 4.69) is 36.1 Å². The zero-order valence-corrected chi connectivity index (χ0v) is 20.5. The van der Waals surface area contributed by atoms with Gasteiger partial charge in [0.1, 0.15) is 0 Å². The van der Waals surface area contributed by atoms with Crippen LogP contribution in [0.5, 0.6) is 11.5 Å². The largest absolute Gasteiger partial charge is 0.481 e. The first-order chi connectivity index (χ1) is 17.5. The maximum Gasteiger partial charge on any atom is 0.336 e. The van der Waals surface area contributed by atoms with Crippen molar-refractivity contribution in [1.29, 1.82) is 0 Å². The van der Waals surface area contributed by atoms with Crippen molar-refractivity contribution >= 4 is 35.9 Å². The lowest BCUT2D eigenvalue weighted by atomic mass is 9.96. The summed E-state index contributed by atoms with van der Waals surface area (Å²) in [6.45, 7) is 1.24. The number of hydrogen-bond acceptors (Lipinski definition) is 8. The van der Waals surface area contributed by atoms with Gasteiger partial charge in [-0.3, -0.25) is 14.6 Å². The lowest BCUT2D eigenvalue weighted by Gasteiger charge is -2.18. The molecular weight excluding hydrogens is 484 g/mol. The zero-order chi connectivity index (χ0) is 27.4. The van der Waals surface area contributed by atoms with E-state index in [1.807, 2.05) is 48.7 Å². The van der Waals surface area contributed by atoms with Crippen molar-refractivity contribution in [2.45, 2.75) is 24.9 Å². The van der Waals surface area contributed by atoms with E-state index in [1.165, 1.54) is 0 Å². The van der Waals surface area contributed by atoms with Crippen LogP contribution in [0.4, 0.5) is 5.69 Å². The van der Waals surface area contributed by atoms with Gasteiger partial charge in [-0.1, -0.05) is 36.4 Å². The van der Waals surface area contributed by atoms with Crippen LogP contribution < -0.4 is 9.47 Å². The zero-order valence-electron chi connectivity index (χ0n) is 20.5. The number of carboxylic acid groups (broad SMARTS) is 3. The number of likely N-dealkylation sites (N-methyl/N-ethyl adjacent to an activating group) is 1. The van der Waals surface area contributed by atoms with Gasteiger partial charge in [-0.2, -0.15) is 0 Å². The first kappa shape index (κ1) is 29.0. The maximum absolute atomic E-state index is 10.3. The van der Waals surface area contributed by atoms with E-state index in [4.69, 9.17) is 29.9 Å². The average molecular weight is 515 g/mol. The summed E-state index contributed by atoms with van der Waals surface area (Å²) in [5.41, 5.74) is 0.510. The number of aliphatic carboxylic acids is 3. The van der Waals surface area contributed by atoms with Crippen LogP contribution in [0.15, 0.2) is 53.5 Å². The summed E-state index contributed by atoms with van der Waals surface area (Å²) in [5.74, 6) is -3.44. The van der Waals surface area contributed by atoms with Gasteiger partial charge in [0.25, 0.3) is 0 Å². The highest BCUT2D eigenvalue weighted by Gasteiger charge is 2.40. The fraction of sp³-hybridized carbons (Fsp3) is 0.308. The molecule has 1 heterocycles. The van der Waals surface area contributed by atoms with Gasteiger partial charge in [-0.15, -0.1) is 0 Å². The number of carbonyl (C=O) groups is 3. The van der Waals surface area contributed by atoms with Crippen molar-refractivity contribution in [3.05, 3.63) is 59.7 Å². The number of benzene rings is 2. The lowest BCUT2D eigenvalue weighted by Crippen LogP contribution is -2.42. The van der Waals surface area contributed by atoms with E-state index in [1.54, 1.807) is 0 Å². The minimum absolute atomic E-state index is 0.281. The molecule has 4 N–H and O–H groups in total. The lowest BCUT2D eigenvalue weighted by molar-refractivity contribution is -0.170. The highest BCUT2D eigenvalue weighted by Crippen LogP contribution is 2.38. The maximum atomic E-state index is 10.3. The number of rotatable bonds is 11. The summed E-state index contributed by atoms with van der Waals surface area (Å²) in [4.78, 5) is 37.3. The summed E-state index contributed by atoms with van der Waals surface area (Å²) in [6, 6.07) is 14.2. The molecule has 0 radical (unpaired) electrons. The number of fused-ring (bicyclic) bond motifs is 1. The van der Waals surface area contributed by atoms with Crippen molar-refractivity contribution in [2.24, 2.45) is 4.99 Å². The van der Waals surface area contributed by atoms with Crippen molar-refractivity contribution in [2.75, 3.05) is 27.4 Å². The first-order valence-corrected chi connectivity index (χ1v) is 11.2. The summed E-state index contributed by atoms with van der Waals surface area (Å²) in [6.07, 6.45) is 4.44. The van der Waals surface area contributed by atoms with Gasteiger partial charge < -0.3 is 34.8 Å². The molecule has 1 aliphatic heterocycles. The van der Waals surface area contributed by atoms with E-state index in [0.29, 0.717) is 0 Å². The Morgan fingerprint density at radius 3 is 2.14 bits per heavy atom. The molecule has 0 saturated heterocycles. The highest BCUT2D eigenvalue weighted by molar-refractivity contribution is 5.88. The molecule has 2 aromatic carbocycles. The van der Waals surface area contributed by atoms with Gasteiger partial charge in [-0.05, 0) is 43.8 Å². The number of allylic oxidation sites excluding steroid dienone is 1. The van der Waals surface area contributed by atoms with Crippen LogP contribution in [0, 0.1) is 0 Å². The molecule has 0 unspecified atom stereocenters. The Morgan fingerprint density at radius 2 is 1.59 bits per heavy atom. The van der Waals surface area contributed by atoms with Crippen molar-refractivity contribution in [3.63, 3.8) is 0 Å². The Kier molecular flexibility index (Phi) is 10.8. The van der Waals surface area contributed by atoms with Crippen LogP contribution in [0.25, 0.3) is 6.08 Å². The Hall–Kier alpha value is -4.22.